The average molecular weight is 464 g/mol. The van der Waals surface area contributed by atoms with E-state index in [-0.39, 0.29) is 35.3 Å². The summed E-state index contributed by atoms with van der Waals surface area (Å²) < 4.78 is 31.7. The van der Waals surface area contributed by atoms with E-state index in [0.717, 1.165) is 35.9 Å². The van der Waals surface area contributed by atoms with E-state index in [1.807, 2.05) is 31.3 Å². The number of nitrogens with zero attached hydrogens (tertiary/aromatic N) is 3. The zero-order valence-corrected chi connectivity index (χ0v) is 19.4. The monoisotopic (exact) mass is 463 g/mol. The summed E-state index contributed by atoms with van der Waals surface area (Å²) in [5.41, 5.74) is 2.10. The first-order chi connectivity index (χ1) is 15.0. The standard InChI is InChI=1S/C22H29N3O4S2/c1-2-24(18-10-12-31(27,28)16-18)21(26)15-30-22-23-13-20(17-7-4-3-5-8-17)25(22)14-19-9-6-11-29-19/h3-5,7-8,13,18-19H,2,6,9-12,14-16H2,1H3. The Morgan fingerprint density at radius 2 is 2.10 bits per heavy atom. The summed E-state index contributed by atoms with van der Waals surface area (Å²) in [6.45, 7) is 3.91. The molecular weight excluding hydrogens is 434 g/mol. The third kappa shape index (κ3) is 5.32. The van der Waals surface area contributed by atoms with Crippen LogP contribution < -0.4 is 0 Å². The molecule has 1 aromatic heterocycles. The van der Waals surface area contributed by atoms with Crippen molar-refractivity contribution in [1.29, 1.82) is 0 Å². The topological polar surface area (TPSA) is 81.5 Å². The molecule has 2 aromatic rings. The molecule has 168 valence electrons. The highest BCUT2D eigenvalue weighted by Crippen LogP contribution is 2.29. The minimum Gasteiger partial charge on any atom is -0.376 e. The van der Waals surface area contributed by atoms with Crippen molar-refractivity contribution in [3.63, 3.8) is 0 Å². The fraction of sp³-hybridized carbons (Fsp3) is 0.545. The van der Waals surface area contributed by atoms with Gasteiger partial charge in [-0.25, -0.2) is 13.4 Å². The molecule has 2 unspecified atom stereocenters. The van der Waals surface area contributed by atoms with Crippen molar-refractivity contribution in [2.45, 2.75) is 50.0 Å². The Kier molecular flexibility index (Phi) is 7.03. The largest absolute Gasteiger partial charge is 0.376 e. The van der Waals surface area contributed by atoms with Crippen molar-refractivity contribution in [2.24, 2.45) is 0 Å². The number of amides is 1. The highest BCUT2D eigenvalue weighted by Gasteiger charge is 2.34. The minimum absolute atomic E-state index is 0.0393. The number of sulfone groups is 1. The Morgan fingerprint density at radius 3 is 2.74 bits per heavy atom. The number of carbonyl (C=O) groups is 1. The summed E-state index contributed by atoms with van der Waals surface area (Å²) in [5, 5.41) is 0.790. The van der Waals surface area contributed by atoms with Crippen LogP contribution in [-0.4, -0.2) is 71.3 Å². The van der Waals surface area contributed by atoms with Gasteiger partial charge >= 0.3 is 0 Å². The number of thioether (sulfide) groups is 1. The molecule has 1 amide bonds. The van der Waals surface area contributed by atoms with Gasteiger partial charge in [0.1, 0.15) is 0 Å². The van der Waals surface area contributed by atoms with Crippen molar-refractivity contribution in [3.05, 3.63) is 36.5 Å². The van der Waals surface area contributed by atoms with Crippen LogP contribution >= 0.6 is 11.8 Å². The lowest BCUT2D eigenvalue weighted by molar-refractivity contribution is -0.129. The number of imidazole rings is 1. The van der Waals surface area contributed by atoms with Crippen LogP contribution in [0.5, 0.6) is 0 Å². The normalized spacial score (nSPS) is 22.6. The van der Waals surface area contributed by atoms with Gasteiger partial charge < -0.3 is 14.2 Å². The Labute approximate surface area is 188 Å². The van der Waals surface area contributed by atoms with E-state index >= 15 is 0 Å². The molecule has 9 heteroatoms. The summed E-state index contributed by atoms with van der Waals surface area (Å²) in [6.07, 6.45) is 4.63. The van der Waals surface area contributed by atoms with Crippen molar-refractivity contribution in [3.8, 4) is 11.3 Å². The van der Waals surface area contributed by atoms with Crippen LogP contribution in [0.15, 0.2) is 41.7 Å². The summed E-state index contributed by atoms with van der Waals surface area (Å²) in [7, 11) is -3.03. The Balaban J connectivity index is 1.49. The van der Waals surface area contributed by atoms with Crippen LogP contribution in [0.2, 0.25) is 0 Å². The van der Waals surface area contributed by atoms with Crippen molar-refractivity contribution < 1.29 is 17.9 Å². The van der Waals surface area contributed by atoms with Crippen molar-refractivity contribution in [1.82, 2.24) is 14.5 Å². The Morgan fingerprint density at radius 1 is 1.29 bits per heavy atom. The number of hydrogen-bond donors (Lipinski definition) is 0. The lowest BCUT2D eigenvalue weighted by Crippen LogP contribution is -2.42. The second kappa shape index (κ2) is 9.75. The molecule has 2 saturated heterocycles. The molecule has 2 atom stereocenters. The molecule has 31 heavy (non-hydrogen) atoms. The molecule has 0 radical (unpaired) electrons. The second-order valence-electron chi connectivity index (χ2n) is 8.06. The highest BCUT2D eigenvalue weighted by molar-refractivity contribution is 7.99. The fourth-order valence-electron chi connectivity index (χ4n) is 4.35. The highest BCUT2D eigenvalue weighted by atomic mass is 32.2. The maximum atomic E-state index is 12.9. The number of benzene rings is 1. The molecule has 3 heterocycles. The molecule has 0 spiro atoms. The molecule has 2 aliphatic rings. The molecule has 0 saturated carbocycles. The first-order valence-corrected chi connectivity index (χ1v) is 13.6. The molecular formula is C22H29N3O4S2. The zero-order chi connectivity index (χ0) is 21.8. The summed E-state index contributed by atoms with van der Waals surface area (Å²) in [5.74, 6) is 0.438. The maximum Gasteiger partial charge on any atom is 0.233 e. The molecule has 4 rings (SSSR count). The summed E-state index contributed by atoms with van der Waals surface area (Å²) in [6, 6.07) is 9.90. The molecule has 7 nitrogen and oxygen atoms in total. The number of rotatable bonds is 8. The third-order valence-corrected chi connectivity index (χ3v) is 8.66. The van der Waals surface area contributed by atoms with E-state index in [2.05, 4.69) is 21.7 Å². The van der Waals surface area contributed by atoms with E-state index in [9.17, 15) is 13.2 Å². The fourth-order valence-corrected chi connectivity index (χ4v) is 6.96. The zero-order valence-electron chi connectivity index (χ0n) is 17.8. The first kappa shape index (κ1) is 22.4. The third-order valence-electron chi connectivity index (χ3n) is 5.93. The van der Waals surface area contributed by atoms with E-state index < -0.39 is 9.84 Å². The van der Waals surface area contributed by atoms with Crippen LogP contribution in [0.4, 0.5) is 0 Å². The van der Waals surface area contributed by atoms with Crippen LogP contribution in [0.3, 0.4) is 0 Å². The van der Waals surface area contributed by atoms with Crippen LogP contribution in [0, 0.1) is 0 Å². The van der Waals surface area contributed by atoms with Gasteiger partial charge in [0, 0.05) is 19.2 Å². The quantitative estimate of drug-likeness (QED) is 0.560. The van der Waals surface area contributed by atoms with Gasteiger partial charge in [0.05, 0.1) is 41.8 Å². The van der Waals surface area contributed by atoms with Gasteiger partial charge in [-0.1, -0.05) is 42.1 Å². The van der Waals surface area contributed by atoms with Crippen LogP contribution in [0.1, 0.15) is 26.2 Å². The molecule has 2 aliphatic heterocycles. The van der Waals surface area contributed by atoms with E-state index in [1.54, 1.807) is 4.90 Å². The van der Waals surface area contributed by atoms with Gasteiger partial charge in [0.2, 0.25) is 5.91 Å². The SMILES string of the molecule is CCN(C(=O)CSc1ncc(-c2ccccc2)n1CC1CCCO1)C1CCS(=O)(=O)C1. The van der Waals surface area contributed by atoms with Gasteiger partial charge in [-0.2, -0.15) is 0 Å². The molecule has 0 aliphatic carbocycles. The predicted molar refractivity (Wildman–Crippen MR) is 122 cm³/mol. The maximum absolute atomic E-state index is 12.9. The van der Waals surface area contributed by atoms with Crippen molar-refractivity contribution in [2.75, 3.05) is 30.4 Å². The number of carbonyl (C=O) groups excluding carboxylic acids is 1. The predicted octanol–water partition coefficient (Wildman–Crippen LogP) is 2.86. The first-order valence-electron chi connectivity index (χ1n) is 10.8. The van der Waals surface area contributed by atoms with Crippen LogP contribution in [-0.2, 0) is 25.9 Å². The average Bonchev–Trinajstić information content (AvgIpc) is 3.49. The summed E-state index contributed by atoms with van der Waals surface area (Å²) in [4.78, 5) is 19.3. The smallest absolute Gasteiger partial charge is 0.233 e. The van der Waals surface area contributed by atoms with Gasteiger partial charge in [-0.05, 0) is 31.7 Å². The van der Waals surface area contributed by atoms with E-state index in [1.165, 1.54) is 11.8 Å². The van der Waals surface area contributed by atoms with Crippen LogP contribution in [0.25, 0.3) is 11.3 Å². The van der Waals surface area contributed by atoms with Gasteiger partial charge in [0.15, 0.2) is 15.0 Å². The number of hydrogen-bond acceptors (Lipinski definition) is 6. The molecule has 1 aromatic carbocycles. The Hall–Kier alpha value is -1.84. The van der Waals surface area contributed by atoms with E-state index in [0.29, 0.717) is 19.5 Å². The van der Waals surface area contributed by atoms with Crippen molar-refractivity contribution >= 4 is 27.5 Å². The van der Waals surface area contributed by atoms with E-state index in [4.69, 9.17) is 4.74 Å². The minimum atomic E-state index is -3.03. The number of aromatic nitrogens is 2. The number of ether oxygens (including phenoxy) is 1. The lowest BCUT2D eigenvalue weighted by Gasteiger charge is -2.26. The van der Waals surface area contributed by atoms with Gasteiger partial charge in [-0.15, -0.1) is 0 Å². The molecule has 0 bridgehead atoms. The molecule has 2 fully saturated rings. The van der Waals surface area contributed by atoms with Gasteiger partial charge in [-0.3, -0.25) is 4.79 Å². The molecule has 0 N–H and O–H groups in total. The lowest BCUT2D eigenvalue weighted by atomic mass is 10.1. The summed E-state index contributed by atoms with van der Waals surface area (Å²) >= 11 is 1.41. The Bertz CT molecular complexity index is 1000. The van der Waals surface area contributed by atoms with Gasteiger partial charge in [0.25, 0.3) is 0 Å². The second-order valence-corrected chi connectivity index (χ2v) is 11.2.